The van der Waals surface area contributed by atoms with Crippen LogP contribution in [-0.4, -0.2) is 47.0 Å². The van der Waals surface area contributed by atoms with Crippen LogP contribution in [0.1, 0.15) is 12.5 Å². The van der Waals surface area contributed by atoms with Crippen molar-refractivity contribution in [3.05, 3.63) is 35.9 Å². The summed E-state index contributed by atoms with van der Waals surface area (Å²) in [6, 6.07) is 8.54. The van der Waals surface area contributed by atoms with Crippen molar-refractivity contribution in [1.29, 1.82) is 0 Å². The van der Waals surface area contributed by atoms with Crippen LogP contribution in [0.4, 0.5) is 0 Å². The van der Waals surface area contributed by atoms with Gasteiger partial charge in [0, 0.05) is 6.54 Å². The molecule has 2 unspecified atom stereocenters. The number of methoxy groups -OCH3 is 1. The van der Waals surface area contributed by atoms with Crippen molar-refractivity contribution in [1.82, 2.24) is 4.90 Å². The van der Waals surface area contributed by atoms with E-state index in [2.05, 4.69) is 4.74 Å². The van der Waals surface area contributed by atoms with E-state index in [-0.39, 0.29) is 18.3 Å². The Morgan fingerprint density at radius 2 is 1.95 bits per heavy atom. The van der Waals surface area contributed by atoms with E-state index in [0.717, 1.165) is 5.56 Å². The quantitative estimate of drug-likeness (QED) is 0.633. The van der Waals surface area contributed by atoms with Crippen LogP contribution in [0, 0.1) is 0 Å². The summed E-state index contributed by atoms with van der Waals surface area (Å²) >= 11 is 5.59. The molecule has 0 saturated heterocycles. The van der Waals surface area contributed by atoms with Gasteiger partial charge in [-0.2, -0.15) is 0 Å². The first-order chi connectivity index (χ1) is 9.51. The monoisotopic (exact) mass is 299 g/mol. The number of aliphatic hydroxyl groups excluding tert-OH is 1. The molecule has 2 atom stereocenters. The second-order valence-electron chi connectivity index (χ2n) is 4.35. The number of hydrogen-bond donors (Lipinski definition) is 1. The topological polar surface area (TPSA) is 66.8 Å². The van der Waals surface area contributed by atoms with Crippen molar-refractivity contribution in [3.63, 3.8) is 0 Å². The number of esters is 1. The van der Waals surface area contributed by atoms with Gasteiger partial charge in [0.25, 0.3) is 0 Å². The molecule has 0 spiro atoms. The van der Waals surface area contributed by atoms with Gasteiger partial charge in [-0.15, -0.1) is 11.6 Å². The lowest BCUT2D eigenvalue weighted by molar-refractivity contribution is -0.155. The standard InChI is InChI=1S/C14H18ClNO4/c1-10(13(18)14(19)20-2)16(12(17)8-15)9-11-6-4-3-5-7-11/h3-7,10,13,18H,8-9H2,1-2H3. The summed E-state index contributed by atoms with van der Waals surface area (Å²) in [5, 5.41) is 9.87. The summed E-state index contributed by atoms with van der Waals surface area (Å²) in [4.78, 5) is 24.6. The van der Waals surface area contributed by atoms with Crippen LogP contribution in [0.3, 0.4) is 0 Å². The fraction of sp³-hybridized carbons (Fsp3) is 0.429. The number of carbonyl (C=O) groups excluding carboxylic acids is 2. The molecule has 0 heterocycles. The Hall–Kier alpha value is -1.59. The molecule has 1 aromatic carbocycles. The molecule has 0 aliphatic carbocycles. The van der Waals surface area contributed by atoms with E-state index in [1.807, 2.05) is 30.3 Å². The third kappa shape index (κ3) is 4.21. The number of ether oxygens (including phenoxy) is 1. The maximum absolute atomic E-state index is 11.9. The molecule has 1 N–H and O–H groups in total. The van der Waals surface area contributed by atoms with Gasteiger partial charge in [0.15, 0.2) is 6.10 Å². The lowest BCUT2D eigenvalue weighted by atomic mass is 10.1. The third-order valence-electron chi connectivity index (χ3n) is 3.02. The van der Waals surface area contributed by atoms with E-state index < -0.39 is 18.1 Å². The average molecular weight is 300 g/mol. The van der Waals surface area contributed by atoms with E-state index in [0.29, 0.717) is 0 Å². The fourth-order valence-corrected chi connectivity index (χ4v) is 1.96. The van der Waals surface area contributed by atoms with Crippen molar-refractivity contribution in [2.75, 3.05) is 13.0 Å². The highest BCUT2D eigenvalue weighted by atomic mass is 35.5. The highest BCUT2D eigenvalue weighted by Crippen LogP contribution is 2.13. The van der Waals surface area contributed by atoms with Crippen LogP contribution in [0.15, 0.2) is 30.3 Å². The zero-order chi connectivity index (χ0) is 15.1. The molecule has 5 nitrogen and oxygen atoms in total. The van der Waals surface area contributed by atoms with E-state index in [1.165, 1.54) is 12.0 Å². The van der Waals surface area contributed by atoms with Crippen LogP contribution >= 0.6 is 11.6 Å². The van der Waals surface area contributed by atoms with Gasteiger partial charge in [0.05, 0.1) is 13.2 Å². The largest absolute Gasteiger partial charge is 0.467 e. The third-order valence-corrected chi connectivity index (χ3v) is 3.25. The van der Waals surface area contributed by atoms with Gasteiger partial charge in [-0.05, 0) is 12.5 Å². The predicted octanol–water partition coefficient (Wildman–Crippen LogP) is 1.18. The maximum Gasteiger partial charge on any atom is 0.336 e. The normalized spacial score (nSPS) is 13.4. The lowest BCUT2D eigenvalue weighted by Gasteiger charge is -2.31. The molecule has 1 rings (SSSR count). The molecule has 1 aromatic rings. The van der Waals surface area contributed by atoms with Crippen LogP contribution < -0.4 is 0 Å². The molecular formula is C14H18ClNO4. The molecule has 0 fully saturated rings. The van der Waals surface area contributed by atoms with Gasteiger partial charge in [-0.1, -0.05) is 30.3 Å². The van der Waals surface area contributed by atoms with E-state index >= 15 is 0 Å². The van der Waals surface area contributed by atoms with Crippen LogP contribution in [0.25, 0.3) is 0 Å². The van der Waals surface area contributed by atoms with Gasteiger partial charge >= 0.3 is 5.97 Å². The summed E-state index contributed by atoms with van der Waals surface area (Å²) in [6.45, 7) is 1.84. The van der Waals surface area contributed by atoms with Crippen molar-refractivity contribution >= 4 is 23.5 Å². The van der Waals surface area contributed by atoms with Gasteiger partial charge < -0.3 is 14.7 Å². The molecule has 0 saturated carbocycles. The van der Waals surface area contributed by atoms with Gasteiger partial charge in [-0.3, -0.25) is 4.79 Å². The van der Waals surface area contributed by atoms with Gasteiger partial charge in [0.1, 0.15) is 5.88 Å². The van der Waals surface area contributed by atoms with Crippen molar-refractivity contribution in [3.8, 4) is 0 Å². The summed E-state index contributed by atoms with van der Waals surface area (Å²) in [7, 11) is 1.18. The molecule has 20 heavy (non-hydrogen) atoms. The average Bonchev–Trinajstić information content (AvgIpc) is 2.50. The van der Waals surface area contributed by atoms with Gasteiger partial charge in [-0.25, -0.2) is 4.79 Å². The lowest BCUT2D eigenvalue weighted by Crippen LogP contribution is -2.48. The number of alkyl halides is 1. The number of rotatable bonds is 6. The molecule has 110 valence electrons. The molecular weight excluding hydrogens is 282 g/mol. The number of amides is 1. The molecule has 0 aliphatic rings. The summed E-state index contributed by atoms with van der Waals surface area (Å²) in [5.74, 6) is -1.35. The fourth-order valence-electron chi connectivity index (χ4n) is 1.80. The molecule has 0 aromatic heterocycles. The molecule has 6 heteroatoms. The maximum atomic E-state index is 11.9. The smallest absolute Gasteiger partial charge is 0.336 e. The summed E-state index contributed by atoms with van der Waals surface area (Å²) in [5.41, 5.74) is 0.884. The van der Waals surface area contributed by atoms with Crippen molar-refractivity contribution in [2.24, 2.45) is 0 Å². The van der Waals surface area contributed by atoms with Crippen molar-refractivity contribution in [2.45, 2.75) is 25.6 Å². The van der Waals surface area contributed by atoms with Crippen LogP contribution in [0.5, 0.6) is 0 Å². The summed E-state index contributed by atoms with van der Waals surface area (Å²) in [6.07, 6.45) is -1.41. The first kappa shape index (κ1) is 16.5. The number of hydrogen-bond acceptors (Lipinski definition) is 4. The zero-order valence-electron chi connectivity index (χ0n) is 11.5. The Balaban J connectivity index is 2.89. The highest BCUT2D eigenvalue weighted by Gasteiger charge is 2.30. The summed E-state index contributed by atoms with van der Waals surface area (Å²) < 4.78 is 4.49. The second-order valence-corrected chi connectivity index (χ2v) is 4.62. The number of halogens is 1. The Morgan fingerprint density at radius 3 is 2.45 bits per heavy atom. The van der Waals surface area contributed by atoms with Gasteiger partial charge in [0.2, 0.25) is 5.91 Å². The SMILES string of the molecule is COC(=O)C(O)C(C)N(Cc1ccccc1)C(=O)CCl. The first-order valence-corrected chi connectivity index (χ1v) is 6.70. The number of carbonyl (C=O) groups is 2. The zero-order valence-corrected chi connectivity index (χ0v) is 12.2. The first-order valence-electron chi connectivity index (χ1n) is 6.16. The highest BCUT2D eigenvalue weighted by molar-refractivity contribution is 6.27. The van der Waals surface area contributed by atoms with E-state index in [1.54, 1.807) is 6.92 Å². The Morgan fingerprint density at radius 1 is 1.35 bits per heavy atom. The molecule has 0 bridgehead atoms. The van der Waals surface area contributed by atoms with Crippen LogP contribution in [-0.2, 0) is 20.9 Å². The molecule has 0 aliphatic heterocycles. The van der Waals surface area contributed by atoms with Crippen LogP contribution in [0.2, 0.25) is 0 Å². The Kier molecular flexibility index (Phi) is 6.48. The minimum atomic E-state index is -1.41. The minimum absolute atomic E-state index is 0.217. The Labute approximate surface area is 123 Å². The van der Waals surface area contributed by atoms with E-state index in [4.69, 9.17) is 11.6 Å². The Bertz CT molecular complexity index is 452. The number of aliphatic hydroxyl groups is 1. The second kappa shape index (κ2) is 7.87. The molecule has 0 radical (unpaired) electrons. The number of nitrogens with zero attached hydrogens (tertiary/aromatic N) is 1. The van der Waals surface area contributed by atoms with Crippen molar-refractivity contribution < 1.29 is 19.4 Å². The van der Waals surface area contributed by atoms with E-state index in [9.17, 15) is 14.7 Å². The minimum Gasteiger partial charge on any atom is -0.467 e. The number of benzene rings is 1. The molecule has 1 amide bonds. The predicted molar refractivity (Wildman–Crippen MR) is 75.2 cm³/mol.